The average Bonchev–Trinajstić information content (AvgIpc) is 2.32. The van der Waals surface area contributed by atoms with Crippen LogP contribution in [0.3, 0.4) is 0 Å². The van der Waals surface area contributed by atoms with Gasteiger partial charge in [-0.15, -0.1) is 0 Å². The van der Waals surface area contributed by atoms with Crippen LogP contribution in [0.2, 0.25) is 0 Å². The van der Waals surface area contributed by atoms with E-state index < -0.39 is 24.5 Å². The average molecular weight is 348 g/mol. The van der Waals surface area contributed by atoms with Gasteiger partial charge in [0, 0.05) is 0 Å². The van der Waals surface area contributed by atoms with Crippen LogP contribution >= 0.6 is 7.60 Å². The summed E-state index contributed by atoms with van der Waals surface area (Å²) in [7, 11) is -3.58. The van der Waals surface area contributed by atoms with Crippen LogP contribution in [0.25, 0.3) is 0 Å². The molecule has 0 saturated carbocycles. The highest BCUT2D eigenvalue weighted by Crippen LogP contribution is 2.43. The van der Waals surface area contributed by atoms with Gasteiger partial charge >= 0.3 is 7.60 Å². The first kappa shape index (κ1) is 21.8. The lowest BCUT2D eigenvalue weighted by Crippen LogP contribution is -2.31. The largest absolute Gasteiger partial charge is 0.328 e. The van der Waals surface area contributed by atoms with E-state index in [-0.39, 0.29) is 31.7 Å². The first-order valence-corrected chi connectivity index (χ1v) is 8.50. The Labute approximate surface area is 128 Å². The maximum Gasteiger partial charge on any atom is 0.328 e. The molecule has 134 valence electrons. The summed E-state index contributed by atoms with van der Waals surface area (Å²) in [5.74, 6) is 0.0470. The number of rotatable bonds is 13. The van der Waals surface area contributed by atoms with Gasteiger partial charge in [-0.05, 0) is 25.2 Å². The van der Waals surface area contributed by atoms with Crippen molar-refractivity contribution in [1.29, 1.82) is 0 Å². The van der Waals surface area contributed by atoms with E-state index in [9.17, 15) is 9.46 Å². The molecular formula is C10H25N2O9P. The summed E-state index contributed by atoms with van der Waals surface area (Å²) in [6.07, 6.45) is 0.365. The minimum atomic E-state index is -3.58. The summed E-state index contributed by atoms with van der Waals surface area (Å²) >= 11 is 0. The summed E-state index contributed by atoms with van der Waals surface area (Å²) < 4.78 is 16.5. The fraction of sp³-hybridized carbons (Fsp3) is 1.00. The Morgan fingerprint density at radius 3 is 2.23 bits per heavy atom. The van der Waals surface area contributed by atoms with E-state index in [4.69, 9.17) is 25.4 Å². The second kappa shape index (κ2) is 11.4. The molecule has 0 heterocycles. The molecule has 11 nitrogen and oxygen atoms in total. The second-order valence-corrected chi connectivity index (χ2v) is 6.97. The van der Waals surface area contributed by atoms with Gasteiger partial charge in [0.25, 0.3) is 0 Å². The molecule has 22 heavy (non-hydrogen) atoms. The molecule has 0 fully saturated rings. The first-order chi connectivity index (χ1) is 10.1. The third-order valence-corrected chi connectivity index (χ3v) is 4.21. The smallest absolute Gasteiger partial charge is 0.324 e. The molecule has 0 aliphatic heterocycles. The summed E-state index contributed by atoms with van der Waals surface area (Å²) in [5, 5.41) is 32.9. The lowest BCUT2D eigenvalue weighted by molar-refractivity contribution is -0.527. The molecule has 0 aliphatic rings. The predicted octanol–water partition coefficient (Wildman–Crippen LogP) is 1.41. The van der Waals surface area contributed by atoms with E-state index >= 15 is 0 Å². The van der Waals surface area contributed by atoms with Crippen molar-refractivity contribution in [3.05, 3.63) is 0 Å². The Morgan fingerprint density at radius 2 is 1.73 bits per heavy atom. The quantitative estimate of drug-likeness (QED) is 0.186. The van der Waals surface area contributed by atoms with E-state index in [1.54, 1.807) is 0 Å². The normalized spacial score (nSPS) is 16.5. The highest BCUT2D eigenvalue weighted by Gasteiger charge is 2.21. The molecule has 0 aromatic heterocycles. The molecule has 0 rings (SSSR count). The van der Waals surface area contributed by atoms with Gasteiger partial charge < -0.3 is 9.42 Å². The Hall–Kier alpha value is -0.170. The fourth-order valence-corrected chi connectivity index (χ4v) is 3.09. The predicted molar refractivity (Wildman–Crippen MR) is 71.0 cm³/mol. The molecule has 0 amide bonds. The Kier molecular flexibility index (Phi) is 11.3. The van der Waals surface area contributed by atoms with E-state index in [2.05, 4.69) is 9.68 Å². The molecule has 0 aromatic rings. The zero-order valence-corrected chi connectivity index (χ0v) is 13.5. The van der Waals surface area contributed by atoms with Gasteiger partial charge in [0.05, 0.1) is 23.5 Å². The Bertz CT molecular complexity index is 330. The number of hydrogen-bond donors (Lipinski definition) is 5. The van der Waals surface area contributed by atoms with Crippen molar-refractivity contribution in [1.82, 2.24) is 10.8 Å². The highest BCUT2D eigenvalue weighted by atomic mass is 31.2. The first-order valence-electron chi connectivity index (χ1n) is 6.74. The van der Waals surface area contributed by atoms with E-state index in [1.807, 2.05) is 13.8 Å². The summed E-state index contributed by atoms with van der Waals surface area (Å²) in [6.45, 7) is 3.35. The molecule has 0 aliphatic carbocycles. The van der Waals surface area contributed by atoms with Crippen LogP contribution in [0.15, 0.2) is 0 Å². The maximum absolute atomic E-state index is 11.6. The standard InChI is InChI=1S/C10H25N2O9P/c1-9(2)8-22(17,18)20-6-4-3-5-10(21-12(15)16)7-19-11(13)14/h9-10,13-16H,3-8H2,1-2H3,(H,17,18)/t10-/m0/s1. The monoisotopic (exact) mass is 348 g/mol. The van der Waals surface area contributed by atoms with Crippen molar-refractivity contribution in [2.75, 3.05) is 19.4 Å². The van der Waals surface area contributed by atoms with Crippen LogP contribution < -0.4 is 0 Å². The fourth-order valence-electron chi connectivity index (χ4n) is 1.65. The minimum absolute atomic E-state index is 0.0470. The summed E-state index contributed by atoms with van der Waals surface area (Å²) in [6, 6.07) is 0. The number of hydrogen-bond acceptors (Lipinski definition) is 10. The van der Waals surface area contributed by atoms with Crippen LogP contribution in [-0.4, -0.2) is 62.0 Å². The molecule has 1 unspecified atom stereocenters. The van der Waals surface area contributed by atoms with Crippen molar-refractivity contribution >= 4 is 7.60 Å². The molecule has 2 atom stereocenters. The third kappa shape index (κ3) is 13.5. The number of unbranched alkanes of at least 4 members (excludes halogenated alkanes) is 1. The molecule has 0 radical (unpaired) electrons. The Balaban J connectivity index is 3.94. The molecule has 0 bridgehead atoms. The zero-order valence-electron chi connectivity index (χ0n) is 12.6. The minimum Gasteiger partial charge on any atom is -0.324 e. The third-order valence-electron chi connectivity index (χ3n) is 2.43. The van der Waals surface area contributed by atoms with Crippen molar-refractivity contribution in [2.24, 2.45) is 5.92 Å². The lowest BCUT2D eigenvalue weighted by atomic mass is 10.2. The zero-order chi connectivity index (χ0) is 17.2. The maximum atomic E-state index is 11.6. The van der Waals surface area contributed by atoms with Gasteiger partial charge in [-0.25, -0.2) is 9.68 Å². The summed E-state index contributed by atoms with van der Waals surface area (Å²) in [5.41, 5.74) is 0. The molecule has 0 spiro atoms. The van der Waals surface area contributed by atoms with Gasteiger partial charge in [0.2, 0.25) is 0 Å². The second-order valence-electron chi connectivity index (χ2n) is 5.07. The van der Waals surface area contributed by atoms with E-state index in [0.717, 1.165) is 0 Å². The van der Waals surface area contributed by atoms with Crippen molar-refractivity contribution in [3.8, 4) is 0 Å². The van der Waals surface area contributed by atoms with Crippen LogP contribution in [0, 0.1) is 5.92 Å². The number of nitrogens with zero attached hydrogens (tertiary/aromatic N) is 2. The van der Waals surface area contributed by atoms with Crippen molar-refractivity contribution in [3.63, 3.8) is 0 Å². The molecule has 0 saturated heterocycles. The van der Waals surface area contributed by atoms with Crippen LogP contribution in [0.4, 0.5) is 0 Å². The van der Waals surface area contributed by atoms with Crippen LogP contribution in [-0.2, 0) is 18.8 Å². The Morgan fingerprint density at radius 1 is 1.09 bits per heavy atom. The molecule has 5 N–H and O–H groups in total. The van der Waals surface area contributed by atoms with Crippen molar-refractivity contribution in [2.45, 2.75) is 39.2 Å². The van der Waals surface area contributed by atoms with Gasteiger partial charge in [-0.3, -0.25) is 25.4 Å². The van der Waals surface area contributed by atoms with Gasteiger partial charge in [-0.1, -0.05) is 13.8 Å². The van der Waals surface area contributed by atoms with Crippen LogP contribution in [0.5, 0.6) is 0 Å². The van der Waals surface area contributed by atoms with Gasteiger partial charge in [0.15, 0.2) is 0 Å². The van der Waals surface area contributed by atoms with E-state index in [1.165, 1.54) is 0 Å². The topological polar surface area (TPSA) is 152 Å². The molecular weight excluding hydrogens is 323 g/mol. The highest BCUT2D eigenvalue weighted by molar-refractivity contribution is 7.52. The van der Waals surface area contributed by atoms with Gasteiger partial charge in [0.1, 0.15) is 12.7 Å². The van der Waals surface area contributed by atoms with Crippen molar-refractivity contribution < 1.29 is 44.5 Å². The van der Waals surface area contributed by atoms with Crippen LogP contribution in [0.1, 0.15) is 33.1 Å². The van der Waals surface area contributed by atoms with E-state index in [0.29, 0.717) is 12.8 Å². The molecule has 12 heteroatoms. The SMILES string of the molecule is CC(C)CP(=O)(O)OCCCC[C@@H](CON(O)O)ON(O)O. The molecule has 0 aromatic carbocycles. The van der Waals surface area contributed by atoms with Gasteiger partial charge in [-0.2, -0.15) is 0 Å². The lowest BCUT2D eigenvalue weighted by Gasteiger charge is -2.19. The summed E-state index contributed by atoms with van der Waals surface area (Å²) in [4.78, 5) is 18.4.